The van der Waals surface area contributed by atoms with E-state index in [1.165, 1.54) is 17.1 Å². The van der Waals surface area contributed by atoms with Crippen LogP contribution in [0.4, 0.5) is 10.2 Å². The van der Waals surface area contributed by atoms with Gasteiger partial charge in [0.25, 0.3) is 5.56 Å². The maximum atomic E-state index is 14.9. The van der Waals surface area contributed by atoms with Crippen LogP contribution < -0.4 is 10.5 Å². The molecule has 6 nitrogen and oxygen atoms in total. The molecule has 0 bridgehead atoms. The van der Waals surface area contributed by atoms with E-state index < -0.39 is 5.82 Å². The topological polar surface area (TPSA) is 54.3 Å². The standard InChI is InChI=1S/C24H27ClFN5O/c1-14-27-20-10-21(31-8-4-5-15(13-31)16-11-29(2)12-16)28-23(22(20)24(32)30(14)3)18-7-6-17(25)9-19(18)26/h6-7,9-10,15-16H,4-5,8,11-13H2,1-3H3/t15-/m1/s1. The van der Waals surface area contributed by atoms with E-state index in [-0.39, 0.29) is 11.1 Å². The van der Waals surface area contributed by atoms with Crippen LogP contribution in [0.3, 0.4) is 0 Å². The average molecular weight is 456 g/mol. The molecule has 4 heterocycles. The molecule has 1 aromatic carbocycles. The Bertz CT molecular complexity index is 1250. The monoisotopic (exact) mass is 455 g/mol. The number of pyridine rings is 1. The summed E-state index contributed by atoms with van der Waals surface area (Å²) in [6, 6.07) is 6.35. The van der Waals surface area contributed by atoms with Crippen LogP contribution in [0.25, 0.3) is 22.2 Å². The summed E-state index contributed by atoms with van der Waals surface area (Å²) in [6.07, 6.45) is 2.32. The SMILES string of the molecule is Cc1nc2cc(N3CCC[C@@H](C4CN(C)C4)C3)nc(-c3ccc(Cl)cc3F)c2c(=O)n1C. The number of aryl methyl sites for hydroxylation is 1. The van der Waals surface area contributed by atoms with Crippen molar-refractivity contribution in [2.45, 2.75) is 19.8 Å². The van der Waals surface area contributed by atoms with Crippen LogP contribution in [0.1, 0.15) is 18.7 Å². The molecule has 0 radical (unpaired) electrons. The lowest BCUT2D eigenvalue weighted by Crippen LogP contribution is -2.51. The van der Waals surface area contributed by atoms with E-state index in [4.69, 9.17) is 16.6 Å². The summed E-state index contributed by atoms with van der Waals surface area (Å²) in [4.78, 5) is 27.3. The Morgan fingerprint density at radius 2 is 1.88 bits per heavy atom. The van der Waals surface area contributed by atoms with Crippen molar-refractivity contribution in [3.63, 3.8) is 0 Å². The number of likely N-dealkylation sites (tertiary alicyclic amines) is 1. The molecule has 5 rings (SSSR count). The van der Waals surface area contributed by atoms with Crippen molar-refractivity contribution in [2.75, 3.05) is 38.1 Å². The first kappa shape index (κ1) is 21.3. The third-order valence-electron chi connectivity index (χ3n) is 7.00. The molecule has 0 aliphatic carbocycles. The second-order valence-electron chi connectivity index (χ2n) is 9.20. The summed E-state index contributed by atoms with van der Waals surface area (Å²) in [7, 11) is 3.83. The van der Waals surface area contributed by atoms with Gasteiger partial charge < -0.3 is 9.80 Å². The Hall–Kier alpha value is -2.51. The number of rotatable bonds is 3. The Kier molecular flexibility index (Phi) is 5.42. The van der Waals surface area contributed by atoms with Gasteiger partial charge in [0.15, 0.2) is 0 Å². The number of aromatic nitrogens is 3. The lowest BCUT2D eigenvalue weighted by atomic mass is 9.81. The zero-order valence-electron chi connectivity index (χ0n) is 18.6. The van der Waals surface area contributed by atoms with E-state index in [2.05, 4.69) is 21.8 Å². The molecule has 168 valence electrons. The van der Waals surface area contributed by atoms with Crippen LogP contribution >= 0.6 is 11.6 Å². The second kappa shape index (κ2) is 8.12. The van der Waals surface area contributed by atoms with Crippen LogP contribution in [0.5, 0.6) is 0 Å². The highest BCUT2D eigenvalue weighted by Gasteiger charge is 2.34. The maximum Gasteiger partial charge on any atom is 0.263 e. The van der Waals surface area contributed by atoms with Gasteiger partial charge in [0.05, 0.1) is 16.6 Å². The minimum atomic E-state index is -0.500. The van der Waals surface area contributed by atoms with E-state index in [0.717, 1.165) is 38.4 Å². The molecular formula is C24H27ClFN5O. The second-order valence-corrected chi connectivity index (χ2v) is 9.64. The van der Waals surface area contributed by atoms with Crippen LogP contribution in [0.2, 0.25) is 5.02 Å². The van der Waals surface area contributed by atoms with Gasteiger partial charge in [0.2, 0.25) is 0 Å². The fourth-order valence-electron chi connectivity index (χ4n) is 5.07. The number of nitrogens with zero attached hydrogens (tertiary/aromatic N) is 5. The number of hydrogen-bond acceptors (Lipinski definition) is 5. The van der Waals surface area contributed by atoms with Gasteiger partial charge in [-0.05, 0) is 56.8 Å². The molecule has 0 spiro atoms. The lowest BCUT2D eigenvalue weighted by molar-refractivity contribution is 0.0754. The third kappa shape index (κ3) is 3.67. The molecule has 0 N–H and O–H groups in total. The third-order valence-corrected chi connectivity index (χ3v) is 7.23. The number of benzene rings is 1. The van der Waals surface area contributed by atoms with Gasteiger partial charge in [0.1, 0.15) is 17.5 Å². The quantitative estimate of drug-likeness (QED) is 0.600. The molecule has 2 fully saturated rings. The molecule has 32 heavy (non-hydrogen) atoms. The fourth-order valence-corrected chi connectivity index (χ4v) is 5.23. The number of halogens is 2. The predicted molar refractivity (Wildman–Crippen MR) is 126 cm³/mol. The first-order valence-electron chi connectivity index (χ1n) is 11.1. The molecule has 2 aromatic heterocycles. The first-order valence-corrected chi connectivity index (χ1v) is 11.5. The van der Waals surface area contributed by atoms with E-state index in [0.29, 0.717) is 39.3 Å². The molecule has 0 amide bonds. The summed E-state index contributed by atoms with van der Waals surface area (Å²) < 4.78 is 16.4. The minimum absolute atomic E-state index is 0.232. The van der Waals surface area contributed by atoms with Gasteiger partial charge in [-0.25, -0.2) is 14.4 Å². The fraction of sp³-hybridized carbons (Fsp3) is 0.458. The van der Waals surface area contributed by atoms with Gasteiger partial charge >= 0.3 is 0 Å². The molecular weight excluding hydrogens is 429 g/mol. The molecule has 0 unspecified atom stereocenters. The van der Waals surface area contributed by atoms with Crippen molar-refractivity contribution in [2.24, 2.45) is 18.9 Å². The first-order chi connectivity index (χ1) is 15.3. The highest BCUT2D eigenvalue weighted by Crippen LogP contribution is 2.35. The highest BCUT2D eigenvalue weighted by molar-refractivity contribution is 6.30. The van der Waals surface area contributed by atoms with Crippen molar-refractivity contribution in [1.82, 2.24) is 19.4 Å². The molecule has 2 aliphatic heterocycles. The van der Waals surface area contributed by atoms with Crippen LogP contribution in [-0.2, 0) is 7.05 Å². The van der Waals surface area contributed by atoms with Crippen molar-refractivity contribution < 1.29 is 4.39 Å². The van der Waals surface area contributed by atoms with Crippen molar-refractivity contribution in [3.05, 3.63) is 51.3 Å². The zero-order valence-corrected chi connectivity index (χ0v) is 19.4. The normalized spacial score (nSPS) is 20.0. The number of fused-ring (bicyclic) bond motifs is 1. The molecule has 1 atom stereocenters. The Morgan fingerprint density at radius 3 is 2.59 bits per heavy atom. The minimum Gasteiger partial charge on any atom is -0.356 e. The Morgan fingerprint density at radius 1 is 1.09 bits per heavy atom. The average Bonchev–Trinajstić information content (AvgIpc) is 2.75. The summed E-state index contributed by atoms with van der Waals surface area (Å²) >= 11 is 5.98. The van der Waals surface area contributed by atoms with Crippen molar-refractivity contribution >= 4 is 28.3 Å². The number of piperidine rings is 1. The summed E-state index contributed by atoms with van der Waals surface area (Å²) in [5.74, 6) is 2.19. The molecule has 8 heteroatoms. The zero-order chi connectivity index (χ0) is 22.6. The van der Waals surface area contributed by atoms with Crippen LogP contribution in [0.15, 0.2) is 29.1 Å². The Labute approximate surface area is 191 Å². The Balaban J connectivity index is 1.64. The van der Waals surface area contributed by atoms with E-state index in [1.807, 2.05) is 6.07 Å². The van der Waals surface area contributed by atoms with E-state index in [9.17, 15) is 9.18 Å². The summed E-state index contributed by atoms with van der Waals surface area (Å²) in [6.45, 7) is 5.89. The predicted octanol–water partition coefficient (Wildman–Crippen LogP) is 3.87. The summed E-state index contributed by atoms with van der Waals surface area (Å²) in [5, 5.41) is 0.634. The smallest absolute Gasteiger partial charge is 0.263 e. The van der Waals surface area contributed by atoms with Gasteiger partial charge in [-0.2, -0.15) is 0 Å². The van der Waals surface area contributed by atoms with E-state index in [1.54, 1.807) is 26.1 Å². The van der Waals surface area contributed by atoms with Crippen molar-refractivity contribution in [1.29, 1.82) is 0 Å². The molecule has 2 saturated heterocycles. The highest BCUT2D eigenvalue weighted by atomic mass is 35.5. The van der Waals surface area contributed by atoms with Crippen molar-refractivity contribution in [3.8, 4) is 11.3 Å². The van der Waals surface area contributed by atoms with Gasteiger partial charge in [-0.3, -0.25) is 9.36 Å². The molecule has 2 aliphatic rings. The van der Waals surface area contributed by atoms with Gasteiger partial charge in [-0.1, -0.05) is 11.6 Å². The summed E-state index contributed by atoms with van der Waals surface area (Å²) in [5.41, 5.74) is 0.902. The van der Waals surface area contributed by atoms with Crippen LogP contribution in [-0.4, -0.2) is 52.7 Å². The maximum absolute atomic E-state index is 14.9. The lowest BCUT2D eigenvalue weighted by Gasteiger charge is -2.45. The van der Waals surface area contributed by atoms with Crippen LogP contribution in [0, 0.1) is 24.6 Å². The van der Waals surface area contributed by atoms with E-state index >= 15 is 0 Å². The van der Waals surface area contributed by atoms with Gasteiger partial charge in [0, 0.05) is 49.9 Å². The van der Waals surface area contributed by atoms with Gasteiger partial charge in [-0.15, -0.1) is 0 Å². The molecule has 0 saturated carbocycles. The number of anilines is 1. The number of hydrogen-bond donors (Lipinski definition) is 0. The largest absolute Gasteiger partial charge is 0.356 e. The molecule has 3 aromatic rings.